The molecule has 0 aliphatic carbocycles. The van der Waals surface area contributed by atoms with Gasteiger partial charge in [-0.15, -0.1) is 0 Å². The van der Waals surface area contributed by atoms with Gasteiger partial charge in [-0.25, -0.2) is 4.39 Å². The maximum Gasteiger partial charge on any atom is 0.161 e. The van der Waals surface area contributed by atoms with Crippen LogP contribution in [0.4, 0.5) is 10.1 Å². The van der Waals surface area contributed by atoms with Crippen molar-refractivity contribution >= 4 is 11.5 Å². The molecule has 0 bridgehead atoms. The van der Waals surface area contributed by atoms with Gasteiger partial charge in [-0.1, -0.05) is 19.9 Å². The highest BCUT2D eigenvalue weighted by atomic mass is 19.1. The van der Waals surface area contributed by atoms with Crippen LogP contribution in [0.25, 0.3) is 0 Å². The van der Waals surface area contributed by atoms with Gasteiger partial charge in [0.1, 0.15) is 5.82 Å². The summed E-state index contributed by atoms with van der Waals surface area (Å²) in [7, 11) is 0. The van der Waals surface area contributed by atoms with E-state index in [1.165, 1.54) is 13.0 Å². The van der Waals surface area contributed by atoms with Gasteiger partial charge in [0, 0.05) is 18.7 Å². The van der Waals surface area contributed by atoms with Gasteiger partial charge in [0.2, 0.25) is 0 Å². The van der Waals surface area contributed by atoms with Crippen molar-refractivity contribution in [2.24, 2.45) is 5.92 Å². The van der Waals surface area contributed by atoms with Gasteiger partial charge in [0.15, 0.2) is 5.78 Å². The molecule has 0 spiro atoms. The van der Waals surface area contributed by atoms with E-state index in [9.17, 15) is 9.18 Å². The Labute approximate surface area is 102 Å². The standard InChI is InChI=1S/C14H20FNO/c1-5-16(9-10(2)3)14-12(11(4)17)7-6-8-13(14)15/h6-8,10H,5,9H2,1-4H3. The Hall–Kier alpha value is -1.38. The molecule has 0 radical (unpaired) electrons. The summed E-state index contributed by atoms with van der Waals surface area (Å²) in [6.45, 7) is 9.05. The highest BCUT2D eigenvalue weighted by Crippen LogP contribution is 2.25. The fraction of sp³-hybridized carbons (Fsp3) is 0.500. The maximum atomic E-state index is 13.9. The number of carbonyl (C=O) groups excluding carboxylic acids is 1. The van der Waals surface area contributed by atoms with Crippen LogP contribution in [0.3, 0.4) is 0 Å². The summed E-state index contributed by atoms with van der Waals surface area (Å²) in [4.78, 5) is 13.5. The highest BCUT2D eigenvalue weighted by Gasteiger charge is 2.17. The molecular weight excluding hydrogens is 217 g/mol. The molecule has 17 heavy (non-hydrogen) atoms. The van der Waals surface area contributed by atoms with Crippen LogP contribution in [0.5, 0.6) is 0 Å². The molecule has 0 aliphatic rings. The van der Waals surface area contributed by atoms with Crippen molar-refractivity contribution in [1.29, 1.82) is 0 Å². The molecule has 0 aliphatic heterocycles. The molecule has 0 heterocycles. The fourth-order valence-corrected chi connectivity index (χ4v) is 1.94. The monoisotopic (exact) mass is 237 g/mol. The minimum atomic E-state index is -0.319. The smallest absolute Gasteiger partial charge is 0.161 e. The van der Waals surface area contributed by atoms with Gasteiger partial charge in [0.05, 0.1) is 5.69 Å². The highest BCUT2D eigenvalue weighted by molar-refractivity contribution is 5.99. The lowest BCUT2D eigenvalue weighted by atomic mass is 10.1. The summed E-state index contributed by atoms with van der Waals surface area (Å²) < 4.78 is 13.9. The largest absolute Gasteiger partial charge is 0.369 e. The van der Waals surface area contributed by atoms with Crippen molar-refractivity contribution < 1.29 is 9.18 Å². The number of Topliss-reactive ketones (excluding diaryl/α,β-unsaturated/α-hetero) is 1. The molecule has 0 aromatic heterocycles. The Balaban J connectivity index is 3.21. The molecule has 0 N–H and O–H groups in total. The lowest BCUT2D eigenvalue weighted by Crippen LogP contribution is -2.29. The van der Waals surface area contributed by atoms with Gasteiger partial charge in [0.25, 0.3) is 0 Å². The zero-order chi connectivity index (χ0) is 13.0. The van der Waals surface area contributed by atoms with Crippen molar-refractivity contribution in [3.63, 3.8) is 0 Å². The van der Waals surface area contributed by atoms with Crippen LogP contribution < -0.4 is 4.90 Å². The second-order valence-corrected chi connectivity index (χ2v) is 4.62. The van der Waals surface area contributed by atoms with E-state index in [-0.39, 0.29) is 11.6 Å². The van der Waals surface area contributed by atoms with Gasteiger partial charge in [-0.3, -0.25) is 4.79 Å². The Morgan fingerprint density at radius 2 is 2.06 bits per heavy atom. The van der Waals surface area contributed by atoms with E-state index in [0.29, 0.717) is 23.7 Å². The van der Waals surface area contributed by atoms with Crippen molar-refractivity contribution in [3.8, 4) is 0 Å². The van der Waals surface area contributed by atoms with Crippen LogP contribution in [-0.2, 0) is 0 Å². The first-order valence-electron chi connectivity index (χ1n) is 6.01. The Morgan fingerprint density at radius 1 is 1.41 bits per heavy atom. The summed E-state index contributed by atoms with van der Waals surface area (Å²) in [6, 6.07) is 4.67. The molecule has 1 rings (SSSR count). The molecule has 2 nitrogen and oxygen atoms in total. The quantitative estimate of drug-likeness (QED) is 0.730. The first kappa shape index (κ1) is 13.7. The summed E-state index contributed by atoms with van der Waals surface area (Å²) in [5, 5.41) is 0. The predicted molar refractivity (Wildman–Crippen MR) is 69.1 cm³/mol. The lowest BCUT2D eigenvalue weighted by molar-refractivity contribution is 0.101. The maximum absolute atomic E-state index is 13.9. The second-order valence-electron chi connectivity index (χ2n) is 4.62. The van der Waals surface area contributed by atoms with Crippen LogP contribution >= 0.6 is 0 Å². The molecular formula is C14H20FNO. The zero-order valence-electron chi connectivity index (χ0n) is 11.0. The van der Waals surface area contributed by atoms with Crippen molar-refractivity contribution in [2.45, 2.75) is 27.7 Å². The molecule has 94 valence electrons. The number of rotatable bonds is 5. The molecule has 0 fully saturated rings. The number of halogens is 1. The number of hydrogen-bond donors (Lipinski definition) is 0. The molecule has 1 aromatic carbocycles. The summed E-state index contributed by atoms with van der Waals surface area (Å²) in [6.07, 6.45) is 0. The van der Waals surface area contributed by atoms with Crippen LogP contribution in [0, 0.1) is 11.7 Å². The summed E-state index contributed by atoms with van der Waals surface area (Å²) >= 11 is 0. The Morgan fingerprint density at radius 3 is 2.53 bits per heavy atom. The SMILES string of the molecule is CCN(CC(C)C)c1c(F)cccc1C(C)=O. The third kappa shape index (κ3) is 3.29. The van der Waals surface area contributed by atoms with Crippen LogP contribution in [0.15, 0.2) is 18.2 Å². The third-order valence-electron chi connectivity index (χ3n) is 2.65. The van der Waals surface area contributed by atoms with Crippen molar-refractivity contribution in [2.75, 3.05) is 18.0 Å². The predicted octanol–water partition coefficient (Wildman–Crippen LogP) is 3.51. The summed E-state index contributed by atoms with van der Waals surface area (Å²) in [5.41, 5.74) is 0.906. The van der Waals surface area contributed by atoms with Crippen molar-refractivity contribution in [1.82, 2.24) is 0 Å². The zero-order valence-corrected chi connectivity index (χ0v) is 11.0. The number of anilines is 1. The molecule has 0 saturated carbocycles. The van der Waals surface area contributed by atoms with Crippen LogP contribution in [0.1, 0.15) is 38.1 Å². The molecule has 3 heteroatoms. The van der Waals surface area contributed by atoms with Gasteiger partial charge in [-0.2, -0.15) is 0 Å². The van der Waals surface area contributed by atoms with E-state index < -0.39 is 0 Å². The summed E-state index contributed by atoms with van der Waals surface area (Å²) in [5.74, 6) is 0.0104. The molecule has 0 unspecified atom stereocenters. The van der Waals surface area contributed by atoms with E-state index in [1.54, 1.807) is 12.1 Å². The molecule has 0 saturated heterocycles. The Kier molecular flexibility index (Phi) is 4.67. The number of ketones is 1. The normalized spacial score (nSPS) is 10.7. The minimum absolute atomic E-state index is 0.0956. The third-order valence-corrected chi connectivity index (χ3v) is 2.65. The topological polar surface area (TPSA) is 20.3 Å². The van der Waals surface area contributed by atoms with E-state index >= 15 is 0 Å². The van der Waals surface area contributed by atoms with Crippen LogP contribution in [0.2, 0.25) is 0 Å². The van der Waals surface area contributed by atoms with Gasteiger partial charge >= 0.3 is 0 Å². The van der Waals surface area contributed by atoms with Gasteiger partial charge in [-0.05, 0) is 31.9 Å². The average molecular weight is 237 g/mol. The molecule has 0 atom stereocenters. The Bertz CT molecular complexity index is 401. The van der Waals surface area contributed by atoms with E-state index in [4.69, 9.17) is 0 Å². The van der Waals surface area contributed by atoms with Gasteiger partial charge < -0.3 is 4.90 Å². The fourth-order valence-electron chi connectivity index (χ4n) is 1.94. The van der Waals surface area contributed by atoms with E-state index in [2.05, 4.69) is 13.8 Å². The van der Waals surface area contributed by atoms with Crippen LogP contribution in [-0.4, -0.2) is 18.9 Å². The van der Waals surface area contributed by atoms with E-state index in [1.807, 2.05) is 11.8 Å². The first-order chi connectivity index (χ1) is 7.97. The number of hydrogen-bond acceptors (Lipinski definition) is 2. The van der Waals surface area contributed by atoms with Crippen molar-refractivity contribution in [3.05, 3.63) is 29.6 Å². The number of nitrogens with zero attached hydrogens (tertiary/aromatic N) is 1. The molecule has 1 aromatic rings. The second kappa shape index (κ2) is 5.80. The minimum Gasteiger partial charge on any atom is -0.369 e. The average Bonchev–Trinajstić information content (AvgIpc) is 2.25. The number of para-hydroxylation sites is 1. The molecule has 0 amide bonds. The van der Waals surface area contributed by atoms with E-state index in [0.717, 1.165) is 6.54 Å². The number of benzene rings is 1. The number of carbonyl (C=O) groups is 1. The first-order valence-corrected chi connectivity index (χ1v) is 6.01. The lowest BCUT2D eigenvalue weighted by Gasteiger charge is -2.27.